The Labute approximate surface area is 121 Å². The molecular weight excluding hydrogens is 257 g/mol. The molecule has 2 atom stereocenters. The molecule has 0 radical (unpaired) electrons. The van der Waals surface area contributed by atoms with Crippen LogP contribution in [0.1, 0.15) is 38.8 Å². The fraction of sp³-hybridized carbons (Fsp3) is 0.625. The van der Waals surface area contributed by atoms with Crippen molar-refractivity contribution in [1.82, 2.24) is 5.32 Å². The average Bonchev–Trinajstić information content (AvgIpc) is 2.46. The Balaban J connectivity index is 2.58. The van der Waals surface area contributed by atoms with E-state index >= 15 is 0 Å². The highest BCUT2D eigenvalue weighted by atomic mass is 19.1. The lowest BCUT2D eigenvalue weighted by Crippen LogP contribution is -2.29. The van der Waals surface area contributed by atoms with Crippen LogP contribution in [0.25, 0.3) is 0 Å². The summed E-state index contributed by atoms with van der Waals surface area (Å²) >= 11 is 0. The zero-order valence-corrected chi connectivity index (χ0v) is 12.7. The van der Waals surface area contributed by atoms with Crippen molar-refractivity contribution in [3.8, 4) is 0 Å². The molecule has 3 nitrogen and oxygen atoms in total. The summed E-state index contributed by atoms with van der Waals surface area (Å²) in [5.41, 5.74) is 0.657. The van der Waals surface area contributed by atoms with Crippen LogP contribution in [0.15, 0.2) is 24.3 Å². The van der Waals surface area contributed by atoms with Crippen molar-refractivity contribution in [3.05, 3.63) is 35.6 Å². The quantitative estimate of drug-likeness (QED) is 0.714. The first-order valence-corrected chi connectivity index (χ1v) is 7.36. The Bertz CT molecular complexity index is 373. The second-order valence-corrected chi connectivity index (χ2v) is 4.83. The molecule has 0 amide bonds. The number of nitrogens with one attached hydrogen (secondary N) is 1. The smallest absolute Gasteiger partial charge is 0.128 e. The maximum atomic E-state index is 13.9. The monoisotopic (exact) mass is 283 g/mol. The van der Waals surface area contributed by atoms with Crippen molar-refractivity contribution in [2.75, 3.05) is 26.4 Å². The second-order valence-electron chi connectivity index (χ2n) is 4.83. The molecule has 0 aliphatic heterocycles. The summed E-state index contributed by atoms with van der Waals surface area (Å²) in [5.74, 6) is -0.192. The first-order chi connectivity index (χ1) is 9.69. The van der Waals surface area contributed by atoms with E-state index in [4.69, 9.17) is 9.47 Å². The Morgan fingerprint density at radius 3 is 2.60 bits per heavy atom. The number of benzene rings is 1. The maximum Gasteiger partial charge on any atom is 0.128 e. The lowest BCUT2D eigenvalue weighted by molar-refractivity contribution is -0.0119. The standard InChI is InChI=1S/C16H26FNO2/c1-4-10-18-16(12-20-13(3)11-19-5-2)14-8-6-7-9-15(14)17/h6-9,13,16,18H,4-5,10-12H2,1-3H3. The van der Waals surface area contributed by atoms with Crippen LogP contribution in [0.3, 0.4) is 0 Å². The third kappa shape index (κ3) is 5.99. The molecule has 1 N–H and O–H groups in total. The van der Waals surface area contributed by atoms with Crippen molar-refractivity contribution in [3.63, 3.8) is 0 Å². The Hall–Kier alpha value is -0.970. The van der Waals surface area contributed by atoms with Crippen LogP contribution in [0.2, 0.25) is 0 Å². The van der Waals surface area contributed by atoms with Gasteiger partial charge in [0.15, 0.2) is 0 Å². The Morgan fingerprint density at radius 2 is 1.95 bits per heavy atom. The van der Waals surface area contributed by atoms with E-state index in [9.17, 15) is 4.39 Å². The van der Waals surface area contributed by atoms with Crippen LogP contribution in [-0.2, 0) is 9.47 Å². The first-order valence-electron chi connectivity index (χ1n) is 7.36. The molecule has 0 aliphatic rings. The maximum absolute atomic E-state index is 13.9. The first kappa shape index (κ1) is 17.1. The Kier molecular flexibility index (Phi) is 8.42. The van der Waals surface area contributed by atoms with Crippen molar-refractivity contribution < 1.29 is 13.9 Å². The minimum Gasteiger partial charge on any atom is -0.379 e. The van der Waals surface area contributed by atoms with Crippen molar-refractivity contribution in [2.24, 2.45) is 0 Å². The zero-order chi connectivity index (χ0) is 14.8. The normalized spacial score (nSPS) is 14.2. The van der Waals surface area contributed by atoms with Crippen LogP contribution in [0.4, 0.5) is 4.39 Å². The lowest BCUT2D eigenvalue weighted by atomic mass is 10.1. The van der Waals surface area contributed by atoms with Gasteiger partial charge in [0, 0.05) is 12.2 Å². The van der Waals surface area contributed by atoms with Crippen LogP contribution < -0.4 is 5.32 Å². The van der Waals surface area contributed by atoms with Gasteiger partial charge in [0.05, 0.1) is 25.4 Å². The summed E-state index contributed by atoms with van der Waals surface area (Å²) in [6.07, 6.45) is 1.01. The van der Waals surface area contributed by atoms with Gasteiger partial charge in [0.25, 0.3) is 0 Å². The minimum absolute atomic E-state index is 0.00708. The van der Waals surface area contributed by atoms with Crippen molar-refractivity contribution in [1.29, 1.82) is 0 Å². The molecule has 0 saturated carbocycles. The molecule has 4 heteroatoms. The van der Waals surface area contributed by atoms with Crippen LogP contribution in [-0.4, -0.2) is 32.5 Å². The molecule has 0 heterocycles. The Morgan fingerprint density at radius 1 is 1.20 bits per heavy atom. The SMILES string of the molecule is CCCNC(COC(C)COCC)c1ccccc1F. The minimum atomic E-state index is -0.192. The van der Waals surface area contributed by atoms with Crippen LogP contribution >= 0.6 is 0 Å². The highest BCUT2D eigenvalue weighted by molar-refractivity contribution is 5.21. The van der Waals surface area contributed by atoms with E-state index < -0.39 is 0 Å². The summed E-state index contributed by atoms with van der Waals surface area (Å²) in [4.78, 5) is 0. The summed E-state index contributed by atoms with van der Waals surface area (Å²) in [6, 6.07) is 6.72. The van der Waals surface area contributed by atoms with Crippen molar-refractivity contribution in [2.45, 2.75) is 39.3 Å². The van der Waals surface area contributed by atoms with E-state index in [1.165, 1.54) is 6.07 Å². The van der Waals surface area contributed by atoms with E-state index in [1.807, 2.05) is 19.9 Å². The summed E-state index contributed by atoms with van der Waals surface area (Å²) < 4.78 is 25.0. The number of hydrogen-bond acceptors (Lipinski definition) is 3. The van der Waals surface area contributed by atoms with E-state index in [0.29, 0.717) is 25.4 Å². The van der Waals surface area contributed by atoms with Gasteiger partial charge >= 0.3 is 0 Å². The van der Waals surface area contributed by atoms with Gasteiger partial charge in [-0.1, -0.05) is 25.1 Å². The predicted molar refractivity (Wildman–Crippen MR) is 79.3 cm³/mol. The van der Waals surface area contributed by atoms with Crippen LogP contribution in [0, 0.1) is 5.82 Å². The molecule has 0 fully saturated rings. The van der Waals surface area contributed by atoms with Gasteiger partial charge in [-0.05, 0) is 32.9 Å². The lowest BCUT2D eigenvalue weighted by Gasteiger charge is -2.22. The molecule has 1 rings (SSSR count). The molecule has 1 aromatic rings. The third-order valence-electron chi connectivity index (χ3n) is 3.03. The molecular formula is C16H26FNO2. The number of rotatable bonds is 10. The largest absolute Gasteiger partial charge is 0.379 e. The molecule has 0 spiro atoms. The third-order valence-corrected chi connectivity index (χ3v) is 3.03. The van der Waals surface area contributed by atoms with Crippen molar-refractivity contribution >= 4 is 0 Å². The van der Waals surface area contributed by atoms with E-state index in [-0.39, 0.29) is 18.0 Å². The number of ether oxygens (including phenoxy) is 2. The fourth-order valence-electron chi connectivity index (χ4n) is 1.93. The molecule has 0 bridgehead atoms. The van der Waals surface area contributed by atoms with Gasteiger partial charge in [0.1, 0.15) is 5.82 Å². The average molecular weight is 283 g/mol. The molecule has 114 valence electrons. The number of halogens is 1. The highest BCUT2D eigenvalue weighted by Gasteiger charge is 2.16. The molecule has 0 saturated heterocycles. The summed E-state index contributed by atoms with van der Waals surface area (Å²) in [6.45, 7) is 8.53. The fourth-order valence-corrected chi connectivity index (χ4v) is 1.93. The topological polar surface area (TPSA) is 30.5 Å². The van der Waals surface area contributed by atoms with E-state index in [0.717, 1.165) is 13.0 Å². The summed E-state index contributed by atoms with van der Waals surface area (Å²) in [7, 11) is 0. The molecule has 2 unspecified atom stereocenters. The van der Waals surface area contributed by atoms with Gasteiger partial charge in [-0.15, -0.1) is 0 Å². The molecule has 1 aromatic carbocycles. The zero-order valence-electron chi connectivity index (χ0n) is 12.7. The van der Waals surface area contributed by atoms with Crippen LogP contribution in [0.5, 0.6) is 0 Å². The van der Waals surface area contributed by atoms with Gasteiger partial charge in [0.2, 0.25) is 0 Å². The number of hydrogen-bond donors (Lipinski definition) is 1. The van der Waals surface area contributed by atoms with Gasteiger partial charge in [-0.25, -0.2) is 4.39 Å². The summed E-state index contributed by atoms with van der Waals surface area (Å²) in [5, 5.41) is 3.33. The van der Waals surface area contributed by atoms with Gasteiger partial charge < -0.3 is 14.8 Å². The molecule has 20 heavy (non-hydrogen) atoms. The van der Waals surface area contributed by atoms with Gasteiger partial charge in [-0.3, -0.25) is 0 Å². The second kappa shape index (κ2) is 9.86. The van der Waals surface area contributed by atoms with E-state index in [2.05, 4.69) is 12.2 Å². The predicted octanol–water partition coefficient (Wildman–Crippen LogP) is 3.31. The van der Waals surface area contributed by atoms with E-state index in [1.54, 1.807) is 12.1 Å². The highest BCUT2D eigenvalue weighted by Crippen LogP contribution is 2.18. The molecule has 0 aliphatic carbocycles. The molecule has 0 aromatic heterocycles. The van der Waals surface area contributed by atoms with Gasteiger partial charge in [-0.2, -0.15) is 0 Å².